The van der Waals surface area contributed by atoms with Crippen LogP contribution in [0, 0.1) is 5.82 Å². The Morgan fingerprint density at radius 3 is 2.37 bits per heavy atom. The second kappa shape index (κ2) is 6.81. The molecule has 134 valence electrons. The summed E-state index contributed by atoms with van der Waals surface area (Å²) in [6.45, 7) is 0. The van der Waals surface area contributed by atoms with Crippen molar-refractivity contribution in [2.75, 3.05) is 16.8 Å². The number of carbonyl (C=O) groups is 2. The zero-order valence-corrected chi connectivity index (χ0v) is 15.2. The number of carbonyl (C=O) groups excluding carboxylic acids is 2. The second-order valence-corrected chi connectivity index (χ2v) is 6.97. The van der Waals surface area contributed by atoms with Crippen molar-refractivity contribution in [1.82, 2.24) is 0 Å². The molecule has 4 nitrogen and oxygen atoms in total. The first-order valence-electron chi connectivity index (χ1n) is 8.29. The molecule has 4 rings (SSSR count). The largest absolute Gasteiger partial charge is 0.339 e. The van der Waals surface area contributed by atoms with Gasteiger partial charge in [0.1, 0.15) is 11.5 Å². The van der Waals surface area contributed by atoms with Gasteiger partial charge in [0.25, 0.3) is 11.8 Å². The Kier molecular flexibility index (Phi) is 4.33. The van der Waals surface area contributed by atoms with Crippen molar-refractivity contribution in [3.05, 3.63) is 88.5 Å². The molecule has 0 N–H and O–H groups in total. The van der Waals surface area contributed by atoms with Gasteiger partial charge >= 0.3 is 0 Å². The highest BCUT2D eigenvalue weighted by atomic mass is 32.1. The maximum atomic E-state index is 13.7. The van der Waals surface area contributed by atoms with E-state index in [0.717, 1.165) is 10.6 Å². The first-order chi connectivity index (χ1) is 13.1. The van der Waals surface area contributed by atoms with Gasteiger partial charge in [-0.15, -0.1) is 11.3 Å². The van der Waals surface area contributed by atoms with Crippen LogP contribution in [0.1, 0.15) is 4.88 Å². The molecule has 2 amide bonds. The van der Waals surface area contributed by atoms with Gasteiger partial charge in [0.2, 0.25) is 0 Å². The van der Waals surface area contributed by atoms with Crippen LogP contribution >= 0.6 is 11.3 Å². The molecule has 2 heterocycles. The van der Waals surface area contributed by atoms with E-state index in [9.17, 15) is 14.0 Å². The maximum absolute atomic E-state index is 13.7. The lowest BCUT2D eigenvalue weighted by Crippen LogP contribution is -2.34. The van der Waals surface area contributed by atoms with Crippen molar-refractivity contribution in [2.24, 2.45) is 0 Å². The van der Waals surface area contributed by atoms with E-state index in [-0.39, 0.29) is 11.4 Å². The van der Waals surface area contributed by atoms with Crippen LogP contribution in [0.2, 0.25) is 0 Å². The number of thiophene rings is 1. The first-order valence-corrected chi connectivity index (χ1v) is 9.17. The Bertz CT molecular complexity index is 1050. The molecule has 2 aromatic carbocycles. The standard InChI is InChI=1S/C21H15FN2O2S/c1-23(15-8-3-2-4-9-15)19-18(17-11-6-12-27-17)20(25)24(21(19)26)16-10-5-7-14(22)13-16/h2-13H,1H3. The summed E-state index contributed by atoms with van der Waals surface area (Å²) in [7, 11) is 1.75. The number of hydrogen-bond acceptors (Lipinski definition) is 4. The number of rotatable bonds is 4. The van der Waals surface area contributed by atoms with Crippen molar-refractivity contribution < 1.29 is 14.0 Å². The van der Waals surface area contributed by atoms with E-state index < -0.39 is 17.6 Å². The minimum absolute atomic E-state index is 0.218. The predicted molar refractivity (Wildman–Crippen MR) is 105 cm³/mol. The molecule has 0 radical (unpaired) electrons. The van der Waals surface area contributed by atoms with Gasteiger partial charge in [0.05, 0.1) is 11.3 Å². The lowest BCUT2D eigenvalue weighted by atomic mass is 10.1. The Morgan fingerprint density at radius 2 is 1.70 bits per heavy atom. The summed E-state index contributed by atoms with van der Waals surface area (Å²) in [6, 6.07) is 18.5. The van der Waals surface area contributed by atoms with Crippen LogP contribution in [0.15, 0.2) is 77.8 Å². The van der Waals surface area contributed by atoms with Crippen LogP contribution in [0.5, 0.6) is 0 Å². The van der Waals surface area contributed by atoms with E-state index in [1.165, 1.54) is 29.5 Å². The molecular formula is C21H15FN2O2S. The normalized spacial score (nSPS) is 14.2. The summed E-state index contributed by atoms with van der Waals surface area (Å²) in [5, 5.41) is 1.85. The van der Waals surface area contributed by atoms with Crippen molar-refractivity contribution >= 4 is 40.1 Å². The second-order valence-electron chi connectivity index (χ2n) is 6.02. The van der Waals surface area contributed by atoms with Gasteiger partial charge in [-0.2, -0.15) is 0 Å². The summed E-state index contributed by atoms with van der Waals surface area (Å²) >= 11 is 1.38. The third-order valence-electron chi connectivity index (χ3n) is 4.37. The first kappa shape index (κ1) is 17.2. The minimum atomic E-state index is -0.504. The predicted octanol–water partition coefficient (Wildman–Crippen LogP) is 4.31. The van der Waals surface area contributed by atoms with Gasteiger partial charge in [0.15, 0.2) is 0 Å². The molecule has 1 aromatic heterocycles. The van der Waals surface area contributed by atoms with Gasteiger partial charge in [-0.05, 0) is 41.8 Å². The fraction of sp³-hybridized carbons (Fsp3) is 0.0476. The van der Waals surface area contributed by atoms with Crippen LogP contribution in [-0.4, -0.2) is 18.9 Å². The van der Waals surface area contributed by atoms with Crippen LogP contribution in [-0.2, 0) is 9.59 Å². The summed E-state index contributed by atoms with van der Waals surface area (Å²) in [5.41, 5.74) is 1.60. The van der Waals surface area contributed by atoms with Crippen molar-refractivity contribution in [1.29, 1.82) is 0 Å². The van der Waals surface area contributed by atoms with Crippen LogP contribution < -0.4 is 9.80 Å². The van der Waals surface area contributed by atoms with Crippen LogP contribution in [0.3, 0.4) is 0 Å². The molecule has 0 spiro atoms. The molecule has 0 unspecified atom stereocenters. The lowest BCUT2D eigenvalue weighted by Gasteiger charge is -2.21. The number of hydrogen-bond donors (Lipinski definition) is 0. The van der Waals surface area contributed by atoms with Gasteiger partial charge in [-0.3, -0.25) is 9.59 Å². The fourth-order valence-electron chi connectivity index (χ4n) is 3.10. The molecule has 0 bridgehead atoms. The topological polar surface area (TPSA) is 40.6 Å². The van der Waals surface area contributed by atoms with Crippen molar-refractivity contribution in [2.45, 2.75) is 0 Å². The number of nitrogens with zero attached hydrogens (tertiary/aromatic N) is 2. The average molecular weight is 378 g/mol. The fourth-order valence-corrected chi connectivity index (χ4v) is 3.87. The lowest BCUT2D eigenvalue weighted by molar-refractivity contribution is -0.120. The van der Waals surface area contributed by atoms with Crippen molar-refractivity contribution in [3.8, 4) is 0 Å². The van der Waals surface area contributed by atoms with E-state index in [2.05, 4.69) is 0 Å². The van der Waals surface area contributed by atoms with Gasteiger partial charge in [-0.1, -0.05) is 30.3 Å². The van der Waals surface area contributed by atoms with E-state index in [1.807, 2.05) is 41.8 Å². The van der Waals surface area contributed by atoms with Gasteiger partial charge in [0, 0.05) is 17.6 Å². The van der Waals surface area contributed by atoms with E-state index >= 15 is 0 Å². The van der Waals surface area contributed by atoms with Gasteiger partial charge in [-0.25, -0.2) is 9.29 Å². The number of imide groups is 1. The number of para-hydroxylation sites is 1. The number of likely N-dealkylation sites (N-methyl/N-ethyl adjacent to an activating group) is 1. The third-order valence-corrected chi connectivity index (χ3v) is 5.26. The zero-order valence-electron chi connectivity index (χ0n) is 14.4. The van der Waals surface area contributed by atoms with Gasteiger partial charge < -0.3 is 4.90 Å². The summed E-state index contributed by atoms with van der Waals surface area (Å²) in [6.07, 6.45) is 0. The van der Waals surface area contributed by atoms with E-state index in [4.69, 9.17) is 0 Å². The number of anilines is 2. The zero-order chi connectivity index (χ0) is 19.0. The SMILES string of the molecule is CN(C1=C(c2cccs2)C(=O)N(c2cccc(F)c2)C1=O)c1ccccc1. The monoisotopic (exact) mass is 378 g/mol. The van der Waals surface area contributed by atoms with E-state index in [1.54, 1.807) is 24.1 Å². The Morgan fingerprint density at radius 1 is 0.926 bits per heavy atom. The Hall–Kier alpha value is -3.25. The van der Waals surface area contributed by atoms with Crippen LogP contribution in [0.25, 0.3) is 5.57 Å². The molecule has 0 aliphatic carbocycles. The molecule has 3 aromatic rings. The summed E-state index contributed by atoms with van der Waals surface area (Å²) in [5.74, 6) is -1.43. The molecule has 6 heteroatoms. The summed E-state index contributed by atoms with van der Waals surface area (Å²) in [4.78, 5) is 29.8. The highest BCUT2D eigenvalue weighted by Crippen LogP contribution is 2.37. The highest BCUT2D eigenvalue weighted by molar-refractivity contribution is 7.11. The maximum Gasteiger partial charge on any atom is 0.282 e. The summed E-state index contributed by atoms with van der Waals surface area (Å²) < 4.78 is 13.7. The smallest absolute Gasteiger partial charge is 0.282 e. The van der Waals surface area contributed by atoms with Crippen LogP contribution in [0.4, 0.5) is 15.8 Å². The quantitative estimate of drug-likeness (QED) is 0.635. The minimum Gasteiger partial charge on any atom is -0.339 e. The van der Waals surface area contributed by atoms with E-state index in [0.29, 0.717) is 10.5 Å². The molecule has 1 aliphatic rings. The molecule has 27 heavy (non-hydrogen) atoms. The third kappa shape index (κ3) is 2.94. The Balaban J connectivity index is 1.86. The highest BCUT2D eigenvalue weighted by Gasteiger charge is 2.42. The molecule has 0 saturated heterocycles. The van der Waals surface area contributed by atoms with Crippen molar-refractivity contribution in [3.63, 3.8) is 0 Å². The average Bonchev–Trinajstić information content (AvgIpc) is 3.28. The molecule has 0 saturated carbocycles. The number of halogens is 1. The Labute approximate surface area is 159 Å². The number of benzene rings is 2. The number of amides is 2. The molecule has 0 atom stereocenters. The molecule has 1 aliphatic heterocycles. The molecule has 0 fully saturated rings. The molecular weight excluding hydrogens is 363 g/mol.